The summed E-state index contributed by atoms with van der Waals surface area (Å²) in [4.78, 5) is 14.8. The zero-order valence-electron chi connectivity index (χ0n) is 8.53. The van der Waals surface area contributed by atoms with Crippen LogP contribution < -0.4 is 5.43 Å². The van der Waals surface area contributed by atoms with Gasteiger partial charge in [0.25, 0.3) is 0 Å². The maximum atomic E-state index is 11.7. The van der Waals surface area contributed by atoms with Crippen LogP contribution in [-0.4, -0.2) is 16.2 Å². The van der Waals surface area contributed by atoms with Gasteiger partial charge in [-0.15, -0.1) is 0 Å². The van der Waals surface area contributed by atoms with Gasteiger partial charge in [0.15, 0.2) is 5.43 Å². The van der Waals surface area contributed by atoms with Gasteiger partial charge in [-0.05, 0) is 19.1 Å². The molecule has 0 aliphatic carbocycles. The van der Waals surface area contributed by atoms with Crippen LogP contribution in [0.25, 0.3) is 10.9 Å². The van der Waals surface area contributed by atoms with Crippen LogP contribution in [0.4, 0.5) is 0 Å². The topological polar surface area (TPSA) is 53.1 Å². The van der Waals surface area contributed by atoms with Crippen molar-refractivity contribution >= 4 is 10.9 Å². The molecule has 0 amide bonds. The summed E-state index contributed by atoms with van der Waals surface area (Å²) in [5.74, 6) is 0. The number of H-pyrrole nitrogens is 1. The number of benzene rings is 1. The predicted molar refractivity (Wildman–Crippen MR) is 60.0 cm³/mol. The molecule has 1 unspecified atom stereocenters. The molecule has 0 aliphatic heterocycles. The molecule has 0 saturated heterocycles. The average molecular weight is 203 g/mol. The largest absolute Gasteiger partial charge is 0.393 e. The first kappa shape index (κ1) is 9.93. The Kier molecular flexibility index (Phi) is 2.56. The number of hydrogen-bond acceptors (Lipinski definition) is 2. The van der Waals surface area contributed by atoms with Crippen molar-refractivity contribution in [1.29, 1.82) is 0 Å². The number of pyridine rings is 1. The van der Waals surface area contributed by atoms with E-state index in [1.165, 1.54) is 0 Å². The van der Waals surface area contributed by atoms with Crippen molar-refractivity contribution in [2.75, 3.05) is 0 Å². The number of hydrogen-bond donors (Lipinski definition) is 2. The normalized spacial score (nSPS) is 12.9. The fraction of sp³-hybridized carbons (Fsp3) is 0.250. The molecule has 2 rings (SSSR count). The van der Waals surface area contributed by atoms with Crippen LogP contribution in [0.1, 0.15) is 12.6 Å². The monoisotopic (exact) mass is 203 g/mol. The fourth-order valence-corrected chi connectivity index (χ4v) is 1.68. The molecule has 0 aliphatic rings. The van der Waals surface area contributed by atoms with Crippen LogP contribution in [0, 0.1) is 0 Å². The Morgan fingerprint density at radius 3 is 2.87 bits per heavy atom. The Hall–Kier alpha value is -1.61. The maximum Gasteiger partial charge on any atom is 0.189 e. The Labute approximate surface area is 87.4 Å². The maximum absolute atomic E-state index is 11.7. The van der Waals surface area contributed by atoms with E-state index in [2.05, 4.69) is 4.98 Å². The molecule has 2 N–H and O–H groups in total. The van der Waals surface area contributed by atoms with E-state index >= 15 is 0 Å². The van der Waals surface area contributed by atoms with Gasteiger partial charge in [0, 0.05) is 29.1 Å². The summed E-state index contributed by atoms with van der Waals surface area (Å²) in [6, 6.07) is 8.92. The SMILES string of the molecule is CC(O)Cc1cc(=O)c2ccccc2[nH]1. The molecular formula is C12H13NO2. The van der Waals surface area contributed by atoms with Gasteiger partial charge in [-0.2, -0.15) is 0 Å². The number of para-hydroxylation sites is 1. The van der Waals surface area contributed by atoms with Gasteiger partial charge >= 0.3 is 0 Å². The third-order valence-electron chi connectivity index (χ3n) is 2.31. The summed E-state index contributed by atoms with van der Waals surface area (Å²) in [5.41, 5.74) is 1.59. The molecule has 78 valence electrons. The number of nitrogens with one attached hydrogen (secondary N) is 1. The highest BCUT2D eigenvalue weighted by molar-refractivity contribution is 5.78. The lowest BCUT2D eigenvalue weighted by molar-refractivity contribution is 0.194. The standard InChI is InChI=1S/C12H13NO2/c1-8(14)6-9-7-12(15)10-4-2-3-5-11(10)13-9/h2-5,7-8,14H,6H2,1H3,(H,13,15). The summed E-state index contributed by atoms with van der Waals surface area (Å²) >= 11 is 0. The predicted octanol–water partition coefficient (Wildman–Crippen LogP) is 1.45. The zero-order chi connectivity index (χ0) is 10.8. The minimum absolute atomic E-state index is 0.000000000000000444. The molecule has 0 radical (unpaired) electrons. The van der Waals surface area contributed by atoms with E-state index in [-0.39, 0.29) is 5.43 Å². The molecule has 1 heterocycles. The van der Waals surface area contributed by atoms with Crippen molar-refractivity contribution in [3.05, 3.63) is 46.2 Å². The minimum Gasteiger partial charge on any atom is -0.393 e. The number of rotatable bonds is 2. The van der Waals surface area contributed by atoms with Gasteiger partial charge in [0.1, 0.15) is 0 Å². The second-order valence-corrected chi connectivity index (χ2v) is 3.76. The van der Waals surface area contributed by atoms with E-state index in [1.807, 2.05) is 18.2 Å². The molecular weight excluding hydrogens is 190 g/mol. The smallest absolute Gasteiger partial charge is 0.189 e. The first-order valence-electron chi connectivity index (χ1n) is 4.96. The van der Waals surface area contributed by atoms with Crippen molar-refractivity contribution < 1.29 is 5.11 Å². The van der Waals surface area contributed by atoms with Crippen LogP contribution in [-0.2, 0) is 6.42 Å². The molecule has 3 nitrogen and oxygen atoms in total. The highest BCUT2D eigenvalue weighted by atomic mass is 16.3. The number of aliphatic hydroxyl groups excluding tert-OH is 1. The Morgan fingerprint density at radius 2 is 2.13 bits per heavy atom. The van der Waals surface area contributed by atoms with Crippen molar-refractivity contribution in [3.63, 3.8) is 0 Å². The van der Waals surface area contributed by atoms with Crippen LogP contribution in [0.2, 0.25) is 0 Å². The van der Waals surface area contributed by atoms with E-state index in [0.29, 0.717) is 11.8 Å². The Morgan fingerprint density at radius 1 is 1.40 bits per heavy atom. The lowest BCUT2D eigenvalue weighted by Crippen LogP contribution is -2.10. The van der Waals surface area contributed by atoms with Crippen LogP contribution in [0.3, 0.4) is 0 Å². The van der Waals surface area contributed by atoms with E-state index in [4.69, 9.17) is 0 Å². The van der Waals surface area contributed by atoms with Gasteiger partial charge in [0.05, 0.1) is 6.10 Å². The Balaban J connectivity index is 2.57. The minimum atomic E-state index is -0.443. The molecule has 0 spiro atoms. The van der Waals surface area contributed by atoms with Crippen LogP contribution in [0.15, 0.2) is 35.1 Å². The van der Waals surface area contributed by atoms with Crippen molar-refractivity contribution in [2.45, 2.75) is 19.4 Å². The zero-order valence-corrected chi connectivity index (χ0v) is 8.53. The average Bonchev–Trinajstić information content (AvgIpc) is 2.16. The number of aromatic nitrogens is 1. The third-order valence-corrected chi connectivity index (χ3v) is 2.31. The van der Waals surface area contributed by atoms with E-state index < -0.39 is 6.10 Å². The summed E-state index contributed by atoms with van der Waals surface area (Å²) in [5, 5.41) is 9.93. The molecule has 2 aromatic rings. The van der Waals surface area contributed by atoms with E-state index in [1.54, 1.807) is 19.1 Å². The van der Waals surface area contributed by atoms with Gasteiger partial charge in [-0.1, -0.05) is 12.1 Å². The molecule has 1 aromatic heterocycles. The summed E-state index contributed by atoms with van der Waals surface area (Å²) in [7, 11) is 0. The van der Waals surface area contributed by atoms with Crippen molar-refractivity contribution in [3.8, 4) is 0 Å². The molecule has 0 bridgehead atoms. The lowest BCUT2D eigenvalue weighted by Gasteiger charge is -2.05. The molecule has 1 aromatic carbocycles. The first-order chi connectivity index (χ1) is 7.16. The van der Waals surface area contributed by atoms with Gasteiger partial charge in [-0.25, -0.2) is 0 Å². The summed E-state index contributed by atoms with van der Waals surface area (Å²) < 4.78 is 0. The molecule has 0 saturated carbocycles. The summed E-state index contributed by atoms with van der Waals surface area (Å²) in [6.07, 6.45) is 0.0295. The second kappa shape index (κ2) is 3.87. The lowest BCUT2D eigenvalue weighted by atomic mass is 10.1. The van der Waals surface area contributed by atoms with Crippen LogP contribution >= 0.6 is 0 Å². The highest BCUT2D eigenvalue weighted by Gasteiger charge is 2.03. The van der Waals surface area contributed by atoms with Crippen molar-refractivity contribution in [2.24, 2.45) is 0 Å². The molecule has 3 heteroatoms. The van der Waals surface area contributed by atoms with Gasteiger partial charge in [0.2, 0.25) is 0 Å². The number of aromatic amines is 1. The summed E-state index contributed by atoms with van der Waals surface area (Å²) in [6.45, 7) is 1.70. The van der Waals surface area contributed by atoms with Crippen LogP contribution in [0.5, 0.6) is 0 Å². The molecule has 15 heavy (non-hydrogen) atoms. The third kappa shape index (κ3) is 2.07. The van der Waals surface area contributed by atoms with E-state index in [0.717, 1.165) is 11.2 Å². The van der Waals surface area contributed by atoms with E-state index in [9.17, 15) is 9.90 Å². The second-order valence-electron chi connectivity index (χ2n) is 3.76. The number of fused-ring (bicyclic) bond motifs is 1. The fourth-order valence-electron chi connectivity index (χ4n) is 1.68. The van der Waals surface area contributed by atoms with Gasteiger partial charge < -0.3 is 10.1 Å². The highest BCUT2D eigenvalue weighted by Crippen LogP contribution is 2.08. The van der Waals surface area contributed by atoms with Crippen molar-refractivity contribution in [1.82, 2.24) is 4.98 Å². The Bertz CT molecular complexity index is 528. The quantitative estimate of drug-likeness (QED) is 0.776. The first-order valence-corrected chi connectivity index (χ1v) is 4.96. The molecule has 1 atom stereocenters. The van der Waals surface area contributed by atoms with Gasteiger partial charge in [-0.3, -0.25) is 4.79 Å². The molecule has 0 fully saturated rings. The number of aliphatic hydroxyl groups is 1.